The summed E-state index contributed by atoms with van der Waals surface area (Å²) in [5.41, 5.74) is 5.78. The first-order valence-corrected chi connectivity index (χ1v) is 6.12. The van der Waals surface area contributed by atoms with E-state index >= 15 is 0 Å². The molecule has 0 saturated heterocycles. The summed E-state index contributed by atoms with van der Waals surface area (Å²) in [4.78, 5) is 0. The van der Waals surface area contributed by atoms with E-state index < -0.39 is 0 Å². The van der Waals surface area contributed by atoms with Crippen molar-refractivity contribution in [2.75, 3.05) is 26.9 Å². The van der Waals surface area contributed by atoms with Crippen molar-refractivity contribution in [3.05, 3.63) is 0 Å². The van der Waals surface area contributed by atoms with Crippen LogP contribution in [0, 0.1) is 5.92 Å². The molecule has 1 fully saturated rings. The van der Waals surface area contributed by atoms with E-state index in [1.54, 1.807) is 7.11 Å². The fourth-order valence-electron chi connectivity index (χ4n) is 2.50. The van der Waals surface area contributed by atoms with Gasteiger partial charge < -0.3 is 20.3 Å². The van der Waals surface area contributed by atoms with Gasteiger partial charge in [-0.15, -0.1) is 0 Å². The van der Waals surface area contributed by atoms with E-state index in [2.05, 4.69) is 0 Å². The van der Waals surface area contributed by atoms with Gasteiger partial charge in [0.25, 0.3) is 0 Å². The number of ether oxygens (including phenoxy) is 2. The van der Waals surface area contributed by atoms with Crippen LogP contribution in [-0.2, 0) is 9.47 Å². The van der Waals surface area contributed by atoms with Crippen molar-refractivity contribution in [1.82, 2.24) is 0 Å². The average Bonchev–Trinajstić information content (AvgIpc) is 2.62. The predicted molar refractivity (Wildman–Crippen MR) is 63.3 cm³/mol. The first kappa shape index (κ1) is 13.9. The van der Waals surface area contributed by atoms with Crippen LogP contribution in [0.4, 0.5) is 0 Å². The van der Waals surface area contributed by atoms with E-state index in [0.29, 0.717) is 19.1 Å². The van der Waals surface area contributed by atoms with Gasteiger partial charge in [-0.1, -0.05) is 6.42 Å². The molecule has 3 unspecified atom stereocenters. The van der Waals surface area contributed by atoms with Crippen LogP contribution < -0.4 is 5.73 Å². The number of methoxy groups -OCH3 is 1. The maximum atomic E-state index is 9.30. The number of rotatable bonds is 7. The summed E-state index contributed by atoms with van der Waals surface area (Å²) in [7, 11) is 1.67. The van der Waals surface area contributed by atoms with E-state index in [-0.39, 0.29) is 18.2 Å². The Bertz CT molecular complexity index is 201. The summed E-state index contributed by atoms with van der Waals surface area (Å²) in [5.74, 6) is 0.396. The number of hydrogen-bond donors (Lipinski definition) is 2. The average molecular weight is 231 g/mol. The molecule has 0 aromatic heterocycles. The lowest BCUT2D eigenvalue weighted by molar-refractivity contribution is -0.000308. The molecule has 1 rings (SSSR count). The van der Waals surface area contributed by atoms with E-state index in [1.165, 1.54) is 0 Å². The Labute approximate surface area is 98.1 Å². The van der Waals surface area contributed by atoms with Gasteiger partial charge in [-0.05, 0) is 32.1 Å². The summed E-state index contributed by atoms with van der Waals surface area (Å²) < 4.78 is 10.6. The lowest BCUT2D eigenvalue weighted by Crippen LogP contribution is -2.47. The van der Waals surface area contributed by atoms with Crippen molar-refractivity contribution in [2.45, 2.75) is 44.2 Å². The molecule has 0 aliphatic heterocycles. The molecule has 0 radical (unpaired) electrons. The zero-order valence-corrected chi connectivity index (χ0v) is 10.4. The molecule has 0 aromatic rings. The molecule has 1 aliphatic rings. The highest BCUT2D eigenvalue weighted by atomic mass is 16.5. The molecule has 3 atom stereocenters. The van der Waals surface area contributed by atoms with Gasteiger partial charge >= 0.3 is 0 Å². The number of aliphatic hydroxyl groups excluding tert-OH is 1. The summed E-state index contributed by atoms with van der Waals surface area (Å²) in [6.45, 7) is 3.41. The molecule has 0 spiro atoms. The third-order valence-corrected chi connectivity index (χ3v) is 3.57. The highest BCUT2D eigenvalue weighted by Crippen LogP contribution is 2.35. The predicted octanol–water partition coefficient (Wildman–Crippen LogP) is 0.918. The molecule has 16 heavy (non-hydrogen) atoms. The minimum Gasteiger partial charge on any atom is -0.394 e. The summed E-state index contributed by atoms with van der Waals surface area (Å²) in [6, 6.07) is 0. The summed E-state index contributed by atoms with van der Waals surface area (Å²) in [6.07, 6.45) is 4.23. The van der Waals surface area contributed by atoms with Crippen LogP contribution in [0.15, 0.2) is 0 Å². The maximum Gasteiger partial charge on any atom is 0.0780 e. The first-order valence-electron chi connectivity index (χ1n) is 6.12. The third kappa shape index (κ3) is 3.70. The molecule has 1 aliphatic carbocycles. The standard InChI is InChI=1S/C12H25NO3/c1-10(8-15-2)16-7-5-11-4-3-6-12(11,13)9-14/h10-11,14H,3-9,13H2,1-2H3. The monoisotopic (exact) mass is 231 g/mol. The molecular weight excluding hydrogens is 206 g/mol. The molecule has 96 valence electrons. The van der Waals surface area contributed by atoms with Crippen molar-refractivity contribution in [2.24, 2.45) is 11.7 Å². The normalized spacial score (nSPS) is 31.9. The molecule has 0 heterocycles. The smallest absolute Gasteiger partial charge is 0.0780 e. The molecule has 3 N–H and O–H groups in total. The molecule has 1 saturated carbocycles. The van der Waals surface area contributed by atoms with Crippen LogP contribution >= 0.6 is 0 Å². The lowest BCUT2D eigenvalue weighted by atomic mass is 9.87. The van der Waals surface area contributed by atoms with Gasteiger partial charge in [0.05, 0.1) is 19.3 Å². The van der Waals surface area contributed by atoms with Gasteiger partial charge in [-0.2, -0.15) is 0 Å². The number of aliphatic hydroxyl groups is 1. The molecule has 0 aromatic carbocycles. The molecular formula is C12H25NO3. The van der Waals surface area contributed by atoms with Crippen molar-refractivity contribution in [3.8, 4) is 0 Å². The van der Waals surface area contributed by atoms with Crippen LogP contribution in [0.5, 0.6) is 0 Å². The minimum atomic E-state index is -0.367. The molecule has 0 bridgehead atoms. The van der Waals surface area contributed by atoms with Gasteiger partial charge in [0.1, 0.15) is 0 Å². The van der Waals surface area contributed by atoms with Crippen LogP contribution in [-0.4, -0.2) is 43.7 Å². The van der Waals surface area contributed by atoms with E-state index in [1.807, 2.05) is 6.92 Å². The first-order chi connectivity index (χ1) is 7.62. The summed E-state index contributed by atoms with van der Waals surface area (Å²) in [5, 5.41) is 9.30. The number of hydrogen-bond acceptors (Lipinski definition) is 4. The van der Waals surface area contributed by atoms with Crippen molar-refractivity contribution < 1.29 is 14.6 Å². The number of nitrogens with two attached hydrogens (primary N) is 1. The van der Waals surface area contributed by atoms with Crippen molar-refractivity contribution >= 4 is 0 Å². The van der Waals surface area contributed by atoms with Crippen LogP contribution in [0.25, 0.3) is 0 Å². The zero-order chi connectivity index (χ0) is 12.0. The second-order valence-corrected chi connectivity index (χ2v) is 4.91. The minimum absolute atomic E-state index is 0.0886. The largest absolute Gasteiger partial charge is 0.394 e. The van der Waals surface area contributed by atoms with Gasteiger partial charge in [-0.25, -0.2) is 0 Å². The Hall–Kier alpha value is -0.160. The van der Waals surface area contributed by atoms with E-state index in [0.717, 1.165) is 25.7 Å². The maximum absolute atomic E-state index is 9.30. The molecule has 4 nitrogen and oxygen atoms in total. The van der Waals surface area contributed by atoms with Crippen LogP contribution in [0.3, 0.4) is 0 Å². The zero-order valence-electron chi connectivity index (χ0n) is 10.4. The quantitative estimate of drug-likeness (QED) is 0.684. The molecule has 0 amide bonds. The highest BCUT2D eigenvalue weighted by Gasteiger charge is 2.38. The van der Waals surface area contributed by atoms with E-state index in [4.69, 9.17) is 15.2 Å². The van der Waals surface area contributed by atoms with Gasteiger partial charge in [0.15, 0.2) is 0 Å². The Balaban J connectivity index is 2.22. The second kappa shape index (κ2) is 6.55. The van der Waals surface area contributed by atoms with Crippen LogP contribution in [0.2, 0.25) is 0 Å². The Kier molecular flexibility index (Phi) is 5.69. The van der Waals surface area contributed by atoms with E-state index in [9.17, 15) is 5.11 Å². The van der Waals surface area contributed by atoms with Crippen molar-refractivity contribution in [1.29, 1.82) is 0 Å². The fourth-order valence-corrected chi connectivity index (χ4v) is 2.50. The van der Waals surface area contributed by atoms with Gasteiger partial charge in [0, 0.05) is 19.3 Å². The van der Waals surface area contributed by atoms with Crippen LogP contribution in [0.1, 0.15) is 32.6 Å². The lowest BCUT2D eigenvalue weighted by Gasteiger charge is -2.29. The van der Waals surface area contributed by atoms with Gasteiger partial charge in [0.2, 0.25) is 0 Å². The molecule has 4 heteroatoms. The third-order valence-electron chi connectivity index (χ3n) is 3.57. The van der Waals surface area contributed by atoms with Crippen molar-refractivity contribution in [3.63, 3.8) is 0 Å². The fraction of sp³-hybridized carbons (Fsp3) is 1.00. The summed E-state index contributed by atoms with van der Waals surface area (Å²) >= 11 is 0. The highest BCUT2D eigenvalue weighted by molar-refractivity contribution is 4.95. The Morgan fingerprint density at radius 3 is 2.94 bits per heavy atom. The Morgan fingerprint density at radius 2 is 2.31 bits per heavy atom. The SMILES string of the molecule is COCC(C)OCCC1CCCC1(N)CO. The second-order valence-electron chi connectivity index (χ2n) is 4.91. The topological polar surface area (TPSA) is 64.7 Å². The van der Waals surface area contributed by atoms with Gasteiger partial charge in [-0.3, -0.25) is 0 Å². The Morgan fingerprint density at radius 1 is 1.56 bits per heavy atom.